The van der Waals surface area contributed by atoms with Crippen molar-refractivity contribution in [2.75, 3.05) is 7.11 Å². The lowest BCUT2D eigenvalue weighted by molar-refractivity contribution is 0.414. The highest BCUT2D eigenvalue weighted by Crippen LogP contribution is 2.17. The van der Waals surface area contributed by atoms with Crippen LogP contribution in [-0.4, -0.2) is 16.7 Å². The minimum atomic E-state index is 0.297. The molecule has 0 aliphatic rings. The number of aryl methyl sites for hydroxylation is 1. The second kappa shape index (κ2) is 5.69. The van der Waals surface area contributed by atoms with Gasteiger partial charge in [0.1, 0.15) is 5.75 Å². The predicted octanol–water partition coefficient (Wildman–Crippen LogP) is 2.28. The van der Waals surface area contributed by atoms with Crippen molar-refractivity contribution < 1.29 is 4.74 Å². The van der Waals surface area contributed by atoms with E-state index in [1.54, 1.807) is 7.11 Å². The molecule has 96 valence electrons. The normalized spacial score (nSPS) is 12.4. The molecule has 1 heterocycles. The maximum Gasteiger partial charge on any atom is 0.118 e. The number of imidazole rings is 1. The maximum atomic E-state index is 5.15. The SMILES string of the molecule is COc1ccc(C(C)NCc2cncn2C)cc1. The van der Waals surface area contributed by atoms with Gasteiger partial charge in [-0.1, -0.05) is 12.1 Å². The second-order valence-corrected chi connectivity index (χ2v) is 4.37. The molecule has 0 spiro atoms. The number of rotatable bonds is 5. The van der Waals surface area contributed by atoms with E-state index in [1.807, 2.05) is 36.3 Å². The van der Waals surface area contributed by atoms with E-state index in [4.69, 9.17) is 4.74 Å². The fourth-order valence-electron chi connectivity index (χ4n) is 1.82. The number of nitrogens with one attached hydrogen (secondary N) is 1. The number of hydrogen-bond donors (Lipinski definition) is 1. The van der Waals surface area contributed by atoms with Gasteiger partial charge in [-0.25, -0.2) is 4.98 Å². The topological polar surface area (TPSA) is 39.1 Å². The number of methoxy groups -OCH3 is 1. The third-order valence-corrected chi connectivity index (χ3v) is 3.12. The molecule has 2 rings (SSSR count). The Hall–Kier alpha value is -1.81. The van der Waals surface area contributed by atoms with Crippen LogP contribution in [0, 0.1) is 0 Å². The van der Waals surface area contributed by atoms with Gasteiger partial charge in [-0.05, 0) is 24.6 Å². The van der Waals surface area contributed by atoms with Gasteiger partial charge in [0.05, 0.1) is 19.1 Å². The molecular weight excluding hydrogens is 226 g/mol. The molecule has 1 N–H and O–H groups in total. The Balaban J connectivity index is 1.94. The highest BCUT2D eigenvalue weighted by Gasteiger charge is 2.06. The van der Waals surface area contributed by atoms with Crippen LogP contribution in [0.2, 0.25) is 0 Å². The third kappa shape index (κ3) is 2.90. The predicted molar refractivity (Wildman–Crippen MR) is 71.5 cm³/mol. The van der Waals surface area contributed by atoms with E-state index in [0.29, 0.717) is 6.04 Å². The first-order valence-corrected chi connectivity index (χ1v) is 6.03. The average molecular weight is 245 g/mol. The van der Waals surface area contributed by atoms with Crippen LogP contribution < -0.4 is 10.1 Å². The molecule has 0 aliphatic carbocycles. The summed E-state index contributed by atoms with van der Waals surface area (Å²) >= 11 is 0. The molecule has 2 aromatic rings. The van der Waals surface area contributed by atoms with Crippen LogP contribution in [0.15, 0.2) is 36.8 Å². The number of aromatic nitrogens is 2. The highest BCUT2D eigenvalue weighted by atomic mass is 16.5. The van der Waals surface area contributed by atoms with E-state index in [1.165, 1.54) is 11.3 Å². The molecule has 4 nitrogen and oxygen atoms in total. The van der Waals surface area contributed by atoms with Crippen LogP contribution in [-0.2, 0) is 13.6 Å². The lowest BCUT2D eigenvalue weighted by atomic mass is 10.1. The number of nitrogens with zero attached hydrogens (tertiary/aromatic N) is 2. The number of hydrogen-bond acceptors (Lipinski definition) is 3. The molecule has 0 fully saturated rings. The molecule has 18 heavy (non-hydrogen) atoms. The summed E-state index contributed by atoms with van der Waals surface area (Å²) < 4.78 is 7.17. The summed E-state index contributed by atoms with van der Waals surface area (Å²) in [7, 11) is 3.68. The molecule has 1 aromatic carbocycles. The van der Waals surface area contributed by atoms with Gasteiger partial charge in [-0.15, -0.1) is 0 Å². The van der Waals surface area contributed by atoms with Gasteiger partial charge < -0.3 is 14.6 Å². The standard InChI is InChI=1S/C14H19N3O/c1-11(12-4-6-14(18-3)7-5-12)16-9-13-8-15-10-17(13)2/h4-8,10-11,16H,9H2,1-3H3. The van der Waals surface area contributed by atoms with E-state index in [0.717, 1.165) is 12.3 Å². The van der Waals surface area contributed by atoms with Crippen molar-refractivity contribution in [3.63, 3.8) is 0 Å². The van der Waals surface area contributed by atoms with Crippen molar-refractivity contribution in [3.8, 4) is 5.75 Å². The average Bonchev–Trinajstić information content (AvgIpc) is 2.81. The largest absolute Gasteiger partial charge is 0.497 e. The Morgan fingerprint density at radius 1 is 1.33 bits per heavy atom. The first kappa shape index (κ1) is 12.6. The Labute approximate surface area is 108 Å². The fourth-order valence-corrected chi connectivity index (χ4v) is 1.82. The summed E-state index contributed by atoms with van der Waals surface area (Å²) in [6.45, 7) is 2.96. The lowest BCUT2D eigenvalue weighted by Crippen LogP contribution is -2.19. The lowest BCUT2D eigenvalue weighted by Gasteiger charge is -2.14. The molecule has 0 radical (unpaired) electrons. The molecule has 0 saturated carbocycles. The van der Waals surface area contributed by atoms with Gasteiger partial charge in [0, 0.05) is 25.8 Å². The molecule has 1 aromatic heterocycles. The fraction of sp³-hybridized carbons (Fsp3) is 0.357. The van der Waals surface area contributed by atoms with Crippen molar-refractivity contribution in [1.82, 2.24) is 14.9 Å². The number of ether oxygens (including phenoxy) is 1. The minimum Gasteiger partial charge on any atom is -0.497 e. The van der Waals surface area contributed by atoms with Gasteiger partial charge in [-0.3, -0.25) is 0 Å². The quantitative estimate of drug-likeness (QED) is 0.878. The summed E-state index contributed by atoms with van der Waals surface area (Å²) in [5, 5.41) is 3.48. The Bertz CT molecular complexity index is 490. The van der Waals surface area contributed by atoms with E-state index in [2.05, 4.69) is 29.4 Å². The molecule has 0 bridgehead atoms. The Morgan fingerprint density at radius 2 is 2.06 bits per heavy atom. The first-order valence-electron chi connectivity index (χ1n) is 6.03. The minimum absolute atomic E-state index is 0.297. The first-order chi connectivity index (χ1) is 8.70. The Kier molecular flexibility index (Phi) is 3.99. The van der Waals surface area contributed by atoms with Crippen LogP contribution in [0.3, 0.4) is 0 Å². The summed E-state index contributed by atoms with van der Waals surface area (Å²) in [6, 6.07) is 8.43. The van der Waals surface area contributed by atoms with Crippen molar-refractivity contribution >= 4 is 0 Å². The van der Waals surface area contributed by atoms with Crippen molar-refractivity contribution in [1.29, 1.82) is 0 Å². The Morgan fingerprint density at radius 3 is 2.61 bits per heavy atom. The zero-order valence-corrected chi connectivity index (χ0v) is 11.1. The zero-order valence-electron chi connectivity index (χ0n) is 11.1. The van der Waals surface area contributed by atoms with E-state index < -0.39 is 0 Å². The molecule has 0 aliphatic heterocycles. The smallest absolute Gasteiger partial charge is 0.118 e. The van der Waals surface area contributed by atoms with E-state index in [-0.39, 0.29) is 0 Å². The second-order valence-electron chi connectivity index (χ2n) is 4.37. The van der Waals surface area contributed by atoms with Gasteiger partial charge in [-0.2, -0.15) is 0 Å². The zero-order chi connectivity index (χ0) is 13.0. The molecule has 1 atom stereocenters. The van der Waals surface area contributed by atoms with Crippen LogP contribution in [0.1, 0.15) is 24.2 Å². The van der Waals surface area contributed by atoms with Crippen LogP contribution in [0.25, 0.3) is 0 Å². The molecule has 0 amide bonds. The van der Waals surface area contributed by atoms with Gasteiger partial charge in [0.15, 0.2) is 0 Å². The number of benzene rings is 1. The summed E-state index contributed by atoms with van der Waals surface area (Å²) in [5.74, 6) is 0.887. The van der Waals surface area contributed by atoms with Gasteiger partial charge in [0.25, 0.3) is 0 Å². The summed E-state index contributed by atoms with van der Waals surface area (Å²) in [4.78, 5) is 4.10. The molecular formula is C14H19N3O. The van der Waals surface area contributed by atoms with Gasteiger partial charge >= 0.3 is 0 Å². The van der Waals surface area contributed by atoms with Crippen LogP contribution in [0.5, 0.6) is 5.75 Å². The summed E-state index contributed by atoms with van der Waals surface area (Å²) in [5.41, 5.74) is 2.42. The van der Waals surface area contributed by atoms with Crippen LogP contribution in [0.4, 0.5) is 0 Å². The van der Waals surface area contributed by atoms with Crippen molar-refractivity contribution in [2.45, 2.75) is 19.5 Å². The summed E-state index contributed by atoms with van der Waals surface area (Å²) in [6.07, 6.45) is 3.70. The van der Waals surface area contributed by atoms with Crippen molar-refractivity contribution in [3.05, 3.63) is 48.0 Å². The van der Waals surface area contributed by atoms with E-state index in [9.17, 15) is 0 Å². The molecule has 4 heteroatoms. The van der Waals surface area contributed by atoms with Crippen LogP contribution >= 0.6 is 0 Å². The molecule has 0 saturated heterocycles. The monoisotopic (exact) mass is 245 g/mol. The maximum absolute atomic E-state index is 5.15. The highest BCUT2D eigenvalue weighted by molar-refractivity contribution is 5.28. The molecule has 1 unspecified atom stereocenters. The third-order valence-electron chi connectivity index (χ3n) is 3.12. The van der Waals surface area contributed by atoms with E-state index >= 15 is 0 Å². The van der Waals surface area contributed by atoms with Crippen molar-refractivity contribution in [2.24, 2.45) is 7.05 Å². The van der Waals surface area contributed by atoms with Gasteiger partial charge in [0.2, 0.25) is 0 Å².